The third kappa shape index (κ3) is 3.08. The Morgan fingerprint density at radius 1 is 1.33 bits per heavy atom. The van der Waals surface area contributed by atoms with Gasteiger partial charge in [0.05, 0.1) is 7.11 Å². The van der Waals surface area contributed by atoms with Gasteiger partial charge in [-0.25, -0.2) is 4.39 Å². The van der Waals surface area contributed by atoms with Gasteiger partial charge in [-0.15, -0.1) is 0 Å². The summed E-state index contributed by atoms with van der Waals surface area (Å²) in [7, 11) is 1.16. The molecule has 0 aliphatic heterocycles. The maximum atomic E-state index is 13.8. The first-order chi connectivity index (χ1) is 9.74. The number of alkyl halides is 3. The molecule has 1 aromatic carbocycles. The third-order valence-electron chi connectivity index (χ3n) is 3.39. The molecule has 8 heteroatoms. The number of ether oxygens (including phenoxy) is 1. The molecule has 0 radical (unpaired) electrons. The molecule has 0 spiro atoms. The van der Waals surface area contributed by atoms with Gasteiger partial charge < -0.3 is 10.1 Å². The second kappa shape index (κ2) is 5.50. The van der Waals surface area contributed by atoms with Gasteiger partial charge in [-0.3, -0.25) is 4.79 Å². The smallest absolute Gasteiger partial charge is 0.471 e. The molecule has 1 N–H and O–H groups in total. The van der Waals surface area contributed by atoms with Crippen molar-refractivity contribution in [2.24, 2.45) is 0 Å². The summed E-state index contributed by atoms with van der Waals surface area (Å²) in [5.74, 6) is -4.52. The molecule has 0 bridgehead atoms. The lowest BCUT2D eigenvalue weighted by Crippen LogP contribution is -2.45. The van der Waals surface area contributed by atoms with E-state index < -0.39 is 29.8 Å². The molecule has 0 heterocycles. The highest BCUT2D eigenvalue weighted by atomic mass is 19.4. The van der Waals surface area contributed by atoms with Gasteiger partial charge in [0.15, 0.2) is 11.6 Å². The molecule has 1 amide bonds. The standard InChI is InChI=1S/C13H12F5NO2/c1-21-9-5-6-4-7(19-12(20)13(16,17)18)2-3-8(6)10(14)11(9)15/h5,7H,2-4H2,1H3,(H,19,20)/t7-/m1/s1. The van der Waals surface area contributed by atoms with Crippen LogP contribution in [0.2, 0.25) is 0 Å². The van der Waals surface area contributed by atoms with Crippen molar-refractivity contribution < 1.29 is 31.5 Å². The molecule has 2 rings (SSSR count). The number of carbonyl (C=O) groups is 1. The van der Waals surface area contributed by atoms with Crippen LogP contribution in [0.15, 0.2) is 6.07 Å². The van der Waals surface area contributed by atoms with Gasteiger partial charge in [-0.2, -0.15) is 17.6 Å². The molecule has 1 aromatic rings. The fourth-order valence-electron chi connectivity index (χ4n) is 2.37. The van der Waals surface area contributed by atoms with Crippen LogP contribution >= 0.6 is 0 Å². The minimum absolute atomic E-state index is 0.00921. The maximum absolute atomic E-state index is 13.8. The van der Waals surface area contributed by atoms with Gasteiger partial charge in [0.25, 0.3) is 0 Å². The lowest BCUT2D eigenvalue weighted by Gasteiger charge is -2.26. The molecule has 116 valence electrons. The van der Waals surface area contributed by atoms with Crippen LogP contribution in [-0.4, -0.2) is 25.2 Å². The lowest BCUT2D eigenvalue weighted by atomic mass is 9.87. The molecular weight excluding hydrogens is 297 g/mol. The molecule has 1 aliphatic carbocycles. The molecule has 0 fully saturated rings. The van der Waals surface area contributed by atoms with E-state index in [-0.39, 0.29) is 30.6 Å². The maximum Gasteiger partial charge on any atom is 0.471 e. The quantitative estimate of drug-likeness (QED) is 0.853. The van der Waals surface area contributed by atoms with Crippen LogP contribution in [0.4, 0.5) is 22.0 Å². The number of fused-ring (bicyclic) bond motifs is 1. The van der Waals surface area contributed by atoms with Crippen molar-refractivity contribution >= 4 is 5.91 Å². The number of benzene rings is 1. The van der Waals surface area contributed by atoms with Gasteiger partial charge >= 0.3 is 12.1 Å². The highest BCUT2D eigenvalue weighted by Gasteiger charge is 2.40. The van der Waals surface area contributed by atoms with Gasteiger partial charge in [-0.1, -0.05) is 0 Å². The summed E-state index contributed by atoms with van der Waals surface area (Å²) in [4.78, 5) is 10.9. The Morgan fingerprint density at radius 3 is 2.57 bits per heavy atom. The van der Waals surface area contributed by atoms with Gasteiger partial charge in [0.1, 0.15) is 0 Å². The Morgan fingerprint density at radius 2 is 2.00 bits per heavy atom. The Balaban J connectivity index is 2.21. The monoisotopic (exact) mass is 309 g/mol. The number of amides is 1. The van der Waals surface area contributed by atoms with E-state index in [0.29, 0.717) is 5.56 Å². The summed E-state index contributed by atoms with van der Waals surface area (Å²) in [6.45, 7) is 0. The first-order valence-corrected chi connectivity index (χ1v) is 6.15. The summed E-state index contributed by atoms with van der Waals surface area (Å²) in [5, 5.41) is 1.85. The van der Waals surface area contributed by atoms with Crippen LogP contribution in [0.25, 0.3) is 0 Å². The van der Waals surface area contributed by atoms with Gasteiger partial charge in [0.2, 0.25) is 5.82 Å². The normalized spacial score (nSPS) is 18.1. The lowest BCUT2D eigenvalue weighted by molar-refractivity contribution is -0.174. The van der Waals surface area contributed by atoms with Crippen LogP contribution in [-0.2, 0) is 17.6 Å². The molecule has 21 heavy (non-hydrogen) atoms. The van der Waals surface area contributed by atoms with Crippen molar-refractivity contribution in [2.45, 2.75) is 31.5 Å². The molecule has 0 saturated heterocycles. The van der Waals surface area contributed by atoms with Crippen LogP contribution in [0.3, 0.4) is 0 Å². The number of hydrogen-bond acceptors (Lipinski definition) is 2. The van der Waals surface area contributed by atoms with Crippen molar-refractivity contribution in [1.82, 2.24) is 5.32 Å². The molecule has 0 unspecified atom stereocenters. The largest absolute Gasteiger partial charge is 0.494 e. The zero-order valence-corrected chi connectivity index (χ0v) is 11.0. The van der Waals surface area contributed by atoms with E-state index in [1.807, 2.05) is 5.32 Å². The average molecular weight is 309 g/mol. The number of nitrogens with one attached hydrogen (secondary N) is 1. The Labute approximate surface area is 117 Å². The summed E-state index contributed by atoms with van der Waals surface area (Å²) in [6, 6.07) is 0.473. The second-order valence-corrected chi connectivity index (χ2v) is 4.76. The third-order valence-corrected chi connectivity index (χ3v) is 3.39. The van der Waals surface area contributed by atoms with E-state index in [4.69, 9.17) is 0 Å². The minimum Gasteiger partial charge on any atom is -0.494 e. The average Bonchev–Trinajstić information content (AvgIpc) is 2.41. The summed E-state index contributed by atoms with van der Waals surface area (Å²) in [6.07, 6.45) is -4.82. The van der Waals surface area contributed by atoms with Gasteiger partial charge in [0, 0.05) is 6.04 Å². The summed E-state index contributed by atoms with van der Waals surface area (Å²) < 4.78 is 68.6. The van der Waals surface area contributed by atoms with Crippen molar-refractivity contribution in [3.8, 4) is 5.75 Å². The molecule has 1 aliphatic rings. The molecule has 0 aromatic heterocycles. The summed E-state index contributed by atoms with van der Waals surface area (Å²) >= 11 is 0. The number of hydrogen-bond donors (Lipinski definition) is 1. The predicted octanol–water partition coefficient (Wildman–Crippen LogP) is 2.51. The Kier molecular flexibility index (Phi) is 4.06. The zero-order chi connectivity index (χ0) is 15.8. The van der Waals surface area contributed by atoms with E-state index in [9.17, 15) is 26.7 Å². The fourth-order valence-corrected chi connectivity index (χ4v) is 2.37. The SMILES string of the molecule is COc1cc2c(c(F)c1F)CC[C@@H](NC(=O)C(F)(F)F)C2. The van der Waals surface area contributed by atoms with Crippen LogP contribution < -0.4 is 10.1 Å². The van der Waals surface area contributed by atoms with E-state index in [1.54, 1.807) is 0 Å². The van der Waals surface area contributed by atoms with Crippen molar-refractivity contribution in [1.29, 1.82) is 0 Å². The molecule has 0 saturated carbocycles. The van der Waals surface area contributed by atoms with E-state index >= 15 is 0 Å². The van der Waals surface area contributed by atoms with Crippen molar-refractivity contribution in [3.05, 3.63) is 28.8 Å². The fraction of sp³-hybridized carbons (Fsp3) is 0.462. The van der Waals surface area contributed by atoms with Crippen molar-refractivity contribution in [3.63, 3.8) is 0 Å². The highest BCUT2D eigenvalue weighted by Crippen LogP contribution is 2.31. The van der Waals surface area contributed by atoms with Crippen LogP contribution in [0, 0.1) is 11.6 Å². The molecule has 3 nitrogen and oxygen atoms in total. The van der Waals surface area contributed by atoms with Gasteiger partial charge in [-0.05, 0) is 36.5 Å². The minimum atomic E-state index is -4.97. The number of rotatable bonds is 2. The first kappa shape index (κ1) is 15.5. The number of methoxy groups -OCH3 is 1. The second-order valence-electron chi connectivity index (χ2n) is 4.76. The number of halogens is 5. The first-order valence-electron chi connectivity index (χ1n) is 6.15. The zero-order valence-electron chi connectivity index (χ0n) is 11.0. The highest BCUT2D eigenvalue weighted by molar-refractivity contribution is 5.82. The van der Waals surface area contributed by atoms with Crippen molar-refractivity contribution in [2.75, 3.05) is 7.11 Å². The van der Waals surface area contributed by atoms with Crippen LogP contribution in [0.1, 0.15) is 17.5 Å². The number of carbonyl (C=O) groups excluding carboxylic acids is 1. The molecular formula is C13H12F5NO2. The summed E-state index contributed by atoms with van der Waals surface area (Å²) in [5.41, 5.74) is 0.454. The molecule has 1 atom stereocenters. The Hall–Kier alpha value is -1.86. The Bertz CT molecular complexity index is 571. The predicted molar refractivity (Wildman–Crippen MR) is 62.9 cm³/mol. The van der Waals surface area contributed by atoms with E-state index in [0.717, 1.165) is 7.11 Å². The van der Waals surface area contributed by atoms with E-state index in [2.05, 4.69) is 4.74 Å². The van der Waals surface area contributed by atoms with Crippen LogP contribution in [0.5, 0.6) is 5.75 Å². The van der Waals surface area contributed by atoms with E-state index in [1.165, 1.54) is 6.07 Å². The topological polar surface area (TPSA) is 38.3 Å².